The fourth-order valence-corrected chi connectivity index (χ4v) is 3.67. The third-order valence-corrected chi connectivity index (χ3v) is 4.67. The normalized spacial score (nSPS) is 32.7. The van der Waals surface area contributed by atoms with Gasteiger partial charge in [0.15, 0.2) is 0 Å². The Hall–Kier alpha value is -1.02. The van der Waals surface area contributed by atoms with Crippen LogP contribution >= 0.6 is 0 Å². The number of rotatable bonds is 2. The molecule has 2 bridgehead atoms. The summed E-state index contributed by atoms with van der Waals surface area (Å²) < 4.78 is 5.23. The van der Waals surface area contributed by atoms with Crippen LogP contribution < -0.4 is 4.74 Å². The minimum Gasteiger partial charge on any atom is -0.497 e. The van der Waals surface area contributed by atoms with Gasteiger partial charge in [-0.2, -0.15) is 0 Å². The smallest absolute Gasteiger partial charge is 0.118 e. The summed E-state index contributed by atoms with van der Waals surface area (Å²) in [6.07, 6.45) is 5.50. The molecule has 0 amide bonds. The third kappa shape index (κ3) is 1.85. The van der Waals surface area contributed by atoms with E-state index >= 15 is 0 Å². The molecule has 2 fully saturated rings. The van der Waals surface area contributed by atoms with E-state index in [0.29, 0.717) is 0 Å². The Morgan fingerprint density at radius 2 is 1.94 bits per heavy atom. The van der Waals surface area contributed by atoms with Gasteiger partial charge in [0.05, 0.1) is 7.11 Å². The van der Waals surface area contributed by atoms with Gasteiger partial charge in [0, 0.05) is 18.0 Å². The number of methoxy groups -OCH3 is 1. The van der Waals surface area contributed by atoms with Crippen molar-refractivity contribution in [1.29, 1.82) is 0 Å². The summed E-state index contributed by atoms with van der Waals surface area (Å²) >= 11 is 0. The van der Waals surface area contributed by atoms with E-state index in [9.17, 15) is 0 Å². The van der Waals surface area contributed by atoms with Crippen LogP contribution in [0.25, 0.3) is 0 Å². The van der Waals surface area contributed by atoms with E-state index in [4.69, 9.17) is 4.74 Å². The Kier molecular flexibility index (Phi) is 2.83. The number of nitrogens with zero attached hydrogens (tertiary/aromatic N) is 1. The first-order valence-corrected chi connectivity index (χ1v) is 6.65. The molecule has 0 N–H and O–H groups in total. The van der Waals surface area contributed by atoms with Crippen LogP contribution in [0.1, 0.15) is 37.2 Å². The Bertz CT molecular complexity index is 386. The maximum absolute atomic E-state index is 5.23. The quantitative estimate of drug-likeness (QED) is 0.775. The molecule has 2 saturated heterocycles. The van der Waals surface area contributed by atoms with Crippen molar-refractivity contribution in [3.8, 4) is 5.75 Å². The number of benzene rings is 1. The molecular formula is C15H21NO. The minimum atomic E-state index is 0.735. The van der Waals surface area contributed by atoms with Crippen molar-refractivity contribution in [2.24, 2.45) is 0 Å². The molecule has 17 heavy (non-hydrogen) atoms. The monoisotopic (exact) mass is 231 g/mol. The zero-order chi connectivity index (χ0) is 11.8. The maximum atomic E-state index is 5.23. The van der Waals surface area contributed by atoms with E-state index in [1.165, 1.54) is 31.2 Å². The van der Waals surface area contributed by atoms with Crippen LogP contribution in [0.2, 0.25) is 0 Å². The summed E-state index contributed by atoms with van der Waals surface area (Å²) in [5.41, 5.74) is 1.49. The Labute approximate surface area is 104 Å². The van der Waals surface area contributed by atoms with Gasteiger partial charge in [-0.15, -0.1) is 0 Å². The van der Waals surface area contributed by atoms with E-state index in [1.54, 1.807) is 7.11 Å². The van der Waals surface area contributed by atoms with E-state index in [2.05, 4.69) is 36.2 Å². The number of likely N-dealkylation sites (N-methyl/N-ethyl adjacent to an activating group) is 1. The highest BCUT2D eigenvalue weighted by atomic mass is 16.5. The lowest BCUT2D eigenvalue weighted by atomic mass is 9.90. The van der Waals surface area contributed by atoms with Crippen LogP contribution in [-0.4, -0.2) is 31.1 Å². The average Bonchev–Trinajstić information content (AvgIpc) is 2.57. The van der Waals surface area contributed by atoms with Gasteiger partial charge in [-0.3, -0.25) is 4.90 Å². The Morgan fingerprint density at radius 1 is 1.18 bits per heavy atom. The summed E-state index contributed by atoms with van der Waals surface area (Å²) in [6, 6.07) is 10.3. The molecule has 2 aliphatic rings. The number of fused-ring (bicyclic) bond motifs is 2. The highest BCUT2D eigenvalue weighted by Gasteiger charge is 2.41. The van der Waals surface area contributed by atoms with Gasteiger partial charge >= 0.3 is 0 Å². The molecule has 2 heterocycles. The van der Waals surface area contributed by atoms with Crippen molar-refractivity contribution < 1.29 is 4.74 Å². The van der Waals surface area contributed by atoms with Gasteiger partial charge in [0.25, 0.3) is 0 Å². The molecule has 2 nitrogen and oxygen atoms in total. The van der Waals surface area contributed by atoms with Crippen molar-refractivity contribution in [3.05, 3.63) is 29.8 Å². The van der Waals surface area contributed by atoms with Crippen LogP contribution in [0.4, 0.5) is 0 Å². The zero-order valence-electron chi connectivity index (χ0n) is 10.7. The van der Waals surface area contributed by atoms with Crippen LogP contribution in [-0.2, 0) is 0 Å². The first kappa shape index (κ1) is 11.1. The topological polar surface area (TPSA) is 12.5 Å². The van der Waals surface area contributed by atoms with Crippen LogP contribution in [0.15, 0.2) is 24.3 Å². The second kappa shape index (κ2) is 4.34. The number of ether oxygens (including phenoxy) is 1. The predicted octanol–water partition coefficient (Wildman–Crippen LogP) is 3.04. The fourth-order valence-electron chi connectivity index (χ4n) is 3.67. The molecule has 0 saturated carbocycles. The van der Waals surface area contributed by atoms with Gasteiger partial charge < -0.3 is 4.74 Å². The number of hydrogen-bond acceptors (Lipinski definition) is 2. The van der Waals surface area contributed by atoms with Gasteiger partial charge in [-0.25, -0.2) is 0 Å². The molecule has 3 atom stereocenters. The third-order valence-electron chi connectivity index (χ3n) is 4.67. The van der Waals surface area contributed by atoms with Gasteiger partial charge in [-0.1, -0.05) is 18.6 Å². The fraction of sp³-hybridized carbons (Fsp3) is 0.600. The molecule has 1 aromatic rings. The molecule has 2 aliphatic heterocycles. The molecule has 0 radical (unpaired) electrons. The highest BCUT2D eigenvalue weighted by molar-refractivity contribution is 5.31. The van der Waals surface area contributed by atoms with Gasteiger partial charge in [-0.05, 0) is 44.0 Å². The van der Waals surface area contributed by atoms with Crippen LogP contribution in [0.3, 0.4) is 0 Å². The molecule has 2 heteroatoms. The molecule has 0 aliphatic carbocycles. The van der Waals surface area contributed by atoms with Crippen molar-refractivity contribution in [2.75, 3.05) is 14.2 Å². The largest absolute Gasteiger partial charge is 0.497 e. The summed E-state index contributed by atoms with van der Waals surface area (Å²) in [4.78, 5) is 2.61. The minimum absolute atomic E-state index is 0.735. The van der Waals surface area contributed by atoms with Crippen LogP contribution in [0.5, 0.6) is 5.75 Å². The lowest BCUT2D eigenvalue weighted by molar-refractivity contribution is 0.174. The Balaban J connectivity index is 1.84. The lowest BCUT2D eigenvalue weighted by Gasteiger charge is -2.32. The molecule has 0 spiro atoms. The summed E-state index contributed by atoms with van der Waals surface area (Å²) in [6.45, 7) is 0. The SMILES string of the molecule is COc1ccc([C@H]2C[C@@H]3CCC[C@H]2N3C)cc1. The molecule has 0 unspecified atom stereocenters. The second-order valence-corrected chi connectivity index (χ2v) is 5.43. The first-order valence-electron chi connectivity index (χ1n) is 6.65. The van der Waals surface area contributed by atoms with Crippen LogP contribution in [0, 0.1) is 0 Å². The van der Waals surface area contributed by atoms with E-state index < -0.39 is 0 Å². The van der Waals surface area contributed by atoms with Gasteiger partial charge in [0.1, 0.15) is 5.75 Å². The standard InChI is InChI=1S/C15H21NO/c1-16-12-4-3-5-15(16)14(10-12)11-6-8-13(17-2)9-7-11/h6-9,12,14-15H,3-5,10H2,1-2H3/t12-,14+,15+/m0/s1. The highest BCUT2D eigenvalue weighted by Crippen LogP contribution is 2.44. The molecule has 0 aromatic heterocycles. The number of hydrogen-bond donors (Lipinski definition) is 0. The maximum Gasteiger partial charge on any atom is 0.118 e. The summed E-state index contributed by atoms with van der Waals surface area (Å²) in [7, 11) is 4.03. The zero-order valence-corrected chi connectivity index (χ0v) is 10.7. The van der Waals surface area contributed by atoms with Gasteiger partial charge in [0.2, 0.25) is 0 Å². The average molecular weight is 231 g/mol. The molecule has 1 aromatic carbocycles. The first-order chi connectivity index (χ1) is 8.29. The predicted molar refractivity (Wildman–Crippen MR) is 69.5 cm³/mol. The van der Waals surface area contributed by atoms with Crippen molar-refractivity contribution in [2.45, 2.75) is 43.7 Å². The van der Waals surface area contributed by atoms with E-state index in [1.807, 2.05) is 0 Å². The molecule has 3 rings (SSSR count). The number of piperidine rings is 1. The van der Waals surface area contributed by atoms with E-state index in [-0.39, 0.29) is 0 Å². The van der Waals surface area contributed by atoms with Crippen molar-refractivity contribution in [3.63, 3.8) is 0 Å². The van der Waals surface area contributed by atoms with Crippen molar-refractivity contribution >= 4 is 0 Å². The summed E-state index contributed by atoms with van der Waals surface area (Å²) in [5.74, 6) is 1.70. The lowest BCUT2D eigenvalue weighted by Crippen LogP contribution is -2.37. The molecular weight excluding hydrogens is 210 g/mol. The van der Waals surface area contributed by atoms with Crippen molar-refractivity contribution in [1.82, 2.24) is 4.90 Å². The van der Waals surface area contributed by atoms with E-state index in [0.717, 1.165) is 23.8 Å². The Morgan fingerprint density at radius 3 is 2.59 bits per heavy atom. The summed E-state index contributed by atoms with van der Waals surface area (Å²) in [5, 5.41) is 0. The molecule has 92 valence electrons. The second-order valence-electron chi connectivity index (χ2n) is 5.43.